The number of hydrogen-bond donors (Lipinski definition) is 0. The average molecular weight is 258 g/mol. The van der Waals surface area contributed by atoms with Gasteiger partial charge in [-0.15, -0.1) is 11.3 Å². The summed E-state index contributed by atoms with van der Waals surface area (Å²) in [5.41, 5.74) is 1.96. The van der Waals surface area contributed by atoms with Gasteiger partial charge in [-0.2, -0.15) is 0 Å². The number of rotatable bonds is 1. The van der Waals surface area contributed by atoms with E-state index in [-0.39, 0.29) is 0 Å². The van der Waals surface area contributed by atoms with Gasteiger partial charge < -0.3 is 0 Å². The number of nitrogens with zero attached hydrogens (tertiary/aromatic N) is 1. The molecular formula is C11H9Cl2NS. The lowest BCUT2D eigenvalue weighted by molar-refractivity contribution is 1.23. The van der Waals surface area contributed by atoms with E-state index in [1.807, 2.05) is 13.0 Å². The molecule has 2 aromatic rings. The third-order valence-corrected chi connectivity index (χ3v) is 3.86. The van der Waals surface area contributed by atoms with E-state index in [4.69, 9.17) is 23.2 Å². The van der Waals surface area contributed by atoms with Gasteiger partial charge in [0.05, 0.1) is 10.7 Å². The molecule has 0 amide bonds. The monoisotopic (exact) mass is 257 g/mol. The second-order valence-corrected chi connectivity index (χ2v) is 5.33. The molecular weight excluding hydrogens is 249 g/mol. The molecule has 15 heavy (non-hydrogen) atoms. The molecule has 0 radical (unpaired) electrons. The van der Waals surface area contributed by atoms with Crippen LogP contribution in [0.1, 0.15) is 10.6 Å². The number of hydrogen-bond acceptors (Lipinski definition) is 2. The van der Waals surface area contributed by atoms with Gasteiger partial charge in [-0.3, -0.25) is 0 Å². The van der Waals surface area contributed by atoms with Crippen molar-refractivity contribution in [2.45, 2.75) is 13.8 Å². The quantitative estimate of drug-likeness (QED) is 0.720. The fourth-order valence-corrected chi connectivity index (χ4v) is 2.63. The van der Waals surface area contributed by atoms with Crippen molar-refractivity contribution in [2.75, 3.05) is 0 Å². The summed E-state index contributed by atoms with van der Waals surface area (Å²) >= 11 is 13.7. The second-order valence-electron chi connectivity index (χ2n) is 3.28. The molecule has 1 nitrogen and oxygen atoms in total. The molecule has 0 N–H and O–H groups in total. The predicted molar refractivity (Wildman–Crippen MR) is 67.0 cm³/mol. The van der Waals surface area contributed by atoms with Gasteiger partial charge in [-0.1, -0.05) is 23.2 Å². The maximum atomic E-state index is 6.10. The first-order chi connectivity index (χ1) is 7.08. The van der Waals surface area contributed by atoms with Crippen LogP contribution in [0, 0.1) is 13.8 Å². The topological polar surface area (TPSA) is 12.9 Å². The Hall–Kier alpha value is -0.570. The van der Waals surface area contributed by atoms with Crippen molar-refractivity contribution in [1.29, 1.82) is 0 Å². The third kappa shape index (κ3) is 2.17. The molecule has 0 aliphatic rings. The Labute approximate surface area is 103 Å². The molecule has 2 rings (SSSR count). The SMILES string of the molecule is Cc1nc(-c2cc(Cl)ccc2Cl)sc1C. The first-order valence-electron chi connectivity index (χ1n) is 4.47. The van der Waals surface area contributed by atoms with Crippen molar-refractivity contribution in [2.24, 2.45) is 0 Å². The molecule has 0 unspecified atom stereocenters. The normalized spacial score (nSPS) is 10.7. The van der Waals surface area contributed by atoms with Gasteiger partial charge in [0.1, 0.15) is 5.01 Å². The summed E-state index contributed by atoms with van der Waals surface area (Å²) in [6, 6.07) is 5.42. The van der Waals surface area contributed by atoms with Gasteiger partial charge in [0.2, 0.25) is 0 Å². The highest BCUT2D eigenvalue weighted by Gasteiger charge is 2.10. The Morgan fingerprint density at radius 2 is 1.93 bits per heavy atom. The van der Waals surface area contributed by atoms with Crippen molar-refractivity contribution in [3.05, 3.63) is 38.8 Å². The summed E-state index contributed by atoms with van der Waals surface area (Å²) in [6.45, 7) is 4.04. The van der Waals surface area contributed by atoms with E-state index in [1.54, 1.807) is 23.5 Å². The minimum atomic E-state index is 0.680. The van der Waals surface area contributed by atoms with Crippen molar-refractivity contribution >= 4 is 34.5 Å². The fraction of sp³-hybridized carbons (Fsp3) is 0.182. The molecule has 0 aliphatic carbocycles. The van der Waals surface area contributed by atoms with Crippen LogP contribution in [0.4, 0.5) is 0 Å². The third-order valence-electron chi connectivity index (χ3n) is 2.19. The Morgan fingerprint density at radius 3 is 2.53 bits per heavy atom. The van der Waals surface area contributed by atoms with Crippen molar-refractivity contribution in [3.63, 3.8) is 0 Å². The molecule has 1 heterocycles. The summed E-state index contributed by atoms with van der Waals surface area (Å²) in [7, 11) is 0. The van der Waals surface area contributed by atoms with E-state index in [1.165, 1.54) is 4.88 Å². The zero-order chi connectivity index (χ0) is 11.0. The van der Waals surface area contributed by atoms with Crippen LogP contribution < -0.4 is 0 Å². The number of halogens is 2. The van der Waals surface area contributed by atoms with Crippen molar-refractivity contribution in [1.82, 2.24) is 4.98 Å². The van der Waals surface area contributed by atoms with Crippen molar-refractivity contribution in [3.8, 4) is 10.6 Å². The van der Waals surface area contributed by atoms with Crippen LogP contribution >= 0.6 is 34.5 Å². The summed E-state index contributed by atoms with van der Waals surface area (Å²) in [5, 5.41) is 2.30. The molecule has 0 saturated carbocycles. The maximum Gasteiger partial charge on any atom is 0.125 e. The molecule has 1 aromatic carbocycles. The van der Waals surface area contributed by atoms with Gasteiger partial charge in [-0.05, 0) is 32.0 Å². The molecule has 0 saturated heterocycles. The lowest BCUT2D eigenvalue weighted by Gasteiger charge is -2.00. The van der Waals surface area contributed by atoms with Crippen LogP contribution in [0.25, 0.3) is 10.6 Å². The van der Waals surface area contributed by atoms with E-state index in [0.29, 0.717) is 10.0 Å². The second kappa shape index (κ2) is 4.12. The van der Waals surface area contributed by atoms with Crippen LogP contribution in [0.5, 0.6) is 0 Å². The standard InChI is InChI=1S/C11H9Cl2NS/c1-6-7(2)15-11(14-6)9-5-8(12)3-4-10(9)13/h3-5H,1-2H3. The largest absolute Gasteiger partial charge is 0.241 e. The number of aromatic nitrogens is 1. The summed E-state index contributed by atoms with van der Waals surface area (Å²) < 4.78 is 0. The van der Waals surface area contributed by atoms with Crippen LogP contribution in [-0.4, -0.2) is 4.98 Å². The highest BCUT2D eigenvalue weighted by molar-refractivity contribution is 7.15. The lowest BCUT2D eigenvalue weighted by Crippen LogP contribution is -1.79. The van der Waals surface area contributed by atoms with Crippen LogP contribution in [0.15, 0.2) is 18.2 Å². The van der Waals surface area contributed by atoms with Gasteiger partial charge >= 0.3 is 0 Å². The molecule has 0 aliphatic heterocycles. The Morgan fingerprint density at radius 1 is 1.20 bits per heavy atom. The Kier molecular flexibility index (Phi) is 3.01. The zero-order valence-electron chi connectivity index (χ0n) is 8.34. The highest BCUT2D eigenvalue weighted by Crippen LogP contribution is 2.34. The Bertz CT molecular complexity index is 486. The smallest absolute Gasteiger partial charge is 0.125 e. The van der Waals surface area contributed by atoms with Crippen LogP contribution in [-0.2, 0) is 0 Å². The first-order valence-corrected chi connectivity index (χ1v) is 6.04. The number of benzene rings is 1. The van der Waals surface area contributed by atoms with E-state index < -0.39 is 0 Å². The molecule has 0 spiro atoms. The van der Waals surface area contributed by atoms with Gasteiger partial charge in [-0.25, -0.2) is 4.98 Å². The summed E-state index contributed by atoms with van der Waals surface area (Å²) in [4.78, 5) is 5.67. The van der Waals surface area contributed by atoms with Gasteiger partial charge in [0.25, 0.3) is 0 Å². The summed E-state index contributed by atoms with van der Waals surface area (Å²) in [5.74, 6) is 0. The zero-order valence-corrected chi connectivity index (χ0v) is 10.7. The molecule has 0 fully saturated rings. The minimum absolute atomic E-state index is 0.680. The maximum absolute atomic E-state index is 6.10. The van der Waals surface area contributed by atoms with E-state index in [9.17, 15) is 0 Å². The molecule has 0 bridgehead atoms. The molecule has 78 valence electrons. The Balaban J connectivity index is 2.58. The van der Waals surface area contributed by atoms with E-state index in [2.05, 4.69) is 11.9 Å². The molecule has 0 atom stereocenters. The highest BCUT2D eigenvalue weighted by atomic mass is 35.5. The van der Waals surface area contributed by atoms with Crippen LogP contribution in [0.2, 0.25) is 10.0 Å². The number of thiazole rings is 1. The lowest BCUT2D eigenvalue weighted by atomic mass is 10.2. The van der Waals surface area contributed by atoms with Gasteiger partial charge in [0, 0.05) is 15.5 Å². The van der Waals surface area contributed by atoms with Crippen LogP contribution in [0.3, 0.4) is 0 Å². The van der Waals surface area contributed by atoms with E-state index >= 15 is 0 Å². The minimum Gasteiger partial charge on any atom is -0.241 e. The van der Waals surface area contributed by atoms with Gasteiger partial charge in [0.15, 0.2) is 0 Å². The van der Waals surface area contributed by atoms with Crippen molar-refractivity contribution < 1.29 is 0 Å². The first kappa shape index (κ1) is 10.9. The summed E-state index contributed by atoms with van der Waals surface area (Å²) in [6.07, 6.45) is 0. The van der Waals surface area contributed by atoms with E-state index in [0.717, 1.165) is 16.3 Å². The molecule has 4 heteroatoms. The molecule has 1 aromatic heterocycles. The predicted octanol–water partition coefficient (Wildman–Crippen LogP) is 4.73. The fourth-order valence-electron chi connectivity index (χ4n) is 1.25. The number of aryl methyl sites for hydroxylation is 2. The average Bonchev–Trinajstić information content (AvgIpc) is 2.51.